The maximum atomic E-state index is 11.3. The van der Waals surface area contributed by atoms with Crippen molar-refractivity contribution in [3.05, 3.63) is 56.1 Å². The fraction of sp³-hybridized carbons (Fsp3) is 0.286. The molecule has 0 aliphatic rings. The Morgan fingerprint density at radius 3 is 2.52 bits per heavy atom. The Hall–Kier alpha value is -3.10. The van der Waals surface area contributed by atoms with Gasteiger partial charge >= 0.3 is 5.69 Å². The van der Waals surface area contributed by atoms with Crippen LogP contribution in [-0.4, -0.2) is 26.3 Å². The first-order valence-corrected chi connectivity index (χ1v) is 6.78. The van der Waals surface area contributed by atoms with Crippen molar-refractivity contribution in [3.63, 3.8) is 0 Å². The fourth-order valence-corrected chi connectivity index (χ4v) is 1.79. The molecule has 0 aliphatic heterocycles. The summed E-state index contributed by atoms with van der Waals surface area (Å²) in [5.41, 5.74) is 3.02. The maximum Gasteiger partial charge on any atom is 0.363 e. The molecule has 0 saturated carbocycles. The predicted molar refractivity (Wildman–Crippen MR) is 85.7 cm³/mol. The van der Waals surface area contributed by atoms with E-state index in [1.54, 1.807) is 12.1 Å². The average Bonchev–Trinajstić information content (AvgIpc) is 2.46. The lowest BCUT2D eigenvalue weighted by molar-refractivity contribution is -0.384. The van der Waals surface area contributed by atoms with E-state index in [4.69, 9.17) is 0 Å². The van der Waals surface area contributed by atoms with Crippen LogP contribution in [0.1, 0.15) is 32.0 Å². The molecule has 1 aromatic carbocycles. The summed E-state index contributed by atoms with van der Waals surface area (Å²) in [6.07, 6.45) is 1.47. The monoisotopic (exact) mass is 316 g/mol. The third kappa shape index (κ3) is 4.19. The molecule has 9 nitrogen and oxygen atoms in total. The summed E-state index contributed by atoms with van der Waals surface area (Å²) in [6.45, 7) is 5.79. The molecule has 2 aromatic rings. The summed E-state index contributed by atoms with van der Waals surface area (Å²) in [5, 5.41) is 20.9. The molecule has 23 heavy (non-hydrogen) atoms. The molecule has 0 bridgehead atoms. The van der Waals surface area contributed by atoms with Crippen LogP contribution in [0, 0.1) is 10.1 Å². The molecular formula is C14H16N6O3. The molecule has 1 heterocycles. The van der Waals surface area contributed by atoms with Gasteiger partial charge in [-0.15, -0.1) is 0 Å². The van der Waals surface area contributed by atoms with Gasteiger partial charge < -0.3 is 0 Å². The highest BCUT2D eigenvalue weighted by atomic mass is 16.6. The highest BCUT2D eigenvalue weighted by molar-refractivity contribution is 5.80. The first-order chi connectivity index (χ1) is 10.8. The van der Waals surface area contributed by atoms with E-state index in [2.05, 4.69) is 25.7 Å². The minimum atomic E-state index is -0.578. The van der Waals surface area contributed by atoms with E-state index in [1.165, 1.54) is 18.3 Å². The van der Waals surface area contributed by atoms with Gasteiger partial charge in [-0.25, -0.2) is 9.89 Å². The molecule has 0 unspecified atom stereocenters. The van der Waals surface area contributed by atoms with E-state index in [1.807, 2.05) is 20.8 Å². The Balaban J connectivity index is 2.18. The molecule has 0 radical (unpaired) electrons. The number of rotatable bonds is 4. The van der Waals surface area contributed by atoms with Crippen LogP contribution in [0.25, 0.3) is 0 Å². The molecule has 1 aromatic heterocycles. The maximum absolute atomic E-state index is 11.3. The molecule has 2 rings (SSSR count). The zero-order chi connectivity index (χ0) is 17.0. The summed E-state index contributed by atoms with van der Waals surface area (Å²) >= 11 is 0. The van der Waals surface area contributed by atoms with E-state index >= 15 is 0 Å². The van der Waals surface area contributed by atoms with Crippen molar-refractivity contribution >= 4 is 17.7 Å². The van der Waals surface area contributed by atoms with Crippen molar-refractivity contribution in [3.8, 4) is 0 Å². The summed E-state index contributed by atoms with van der Waals surface area (Å²) in [5.74, 6) is 0.263. The van der Waals surface area contributed by atoms with Gasteiger partial charge in [0.05, 0.1) is 11.1 Å². The number of nitrogens with zero attached hydrogens (tertiary/aromatic N) is 4. The van der Waals surface area contributed by atoms with Crippen molar-refractivity contribution in [2.75, 3.05) is 5.43 Å². The molecule has 0 spiro atoms. The molecule has 0 amide bonds. The van der Waals surface area contributed by atoms with Gasteiger partial charge in [0.25, 0.3) is 5.69 Å². The summed E-state index contributed by atoms with van der Waals surface area (Å²) < 4.78 is 0. The van der Waals surface area contributed by atoms with Gasteiger partial charge in [-0.3, -0.25) is 15.5 Å². The minimum Gasteiger partial charge on any atom is -0.260 e. The fourth-order valence-electron chi connectivity index (χ4n) is 1.79. The van der Waals surface area contributed by atoms with Crippen LogP contribution in [0.5, 0.6) is 0 Å². The van der Waals surface area contributed by atoms with Crippen LogP contribution in [0.2, 0.25) is 0 Å². The van der Waals surface area contributed by atoms with Crippen molar-refractivity contribution in [1.29, 1.82) is 0 Å². The number of H-pyrrole nitrogens is 1. The highest BCUT2D eigenvalue weighted by Gasteiger charge is 2.21. The Morgan fingerprint density at radius 1 is 1.30 bits per heavy atom. The van der Waals surface area contributed by atoms with Gasteiger partial charge in [-0.1, -0.05) is 20.8 Å². The number of hydrazone groups is 1. The molecule has 0 saturated heterocycles. The van der Waals surface area contributed by atoms with E-state index in [0.29, 0.717) is 11.3 Å². The number of hydrogen-bond acceptors (Lipinski definition) is 7. The third-order valence-corrected chi connectivity index (χ3v) is 2.90. The number of aromatic amines is 1. The topological polar surface area (TPSA) is 126 Å². The van der Waals surface area contributed by atoms with Gasteiger partial charge in [-0.2, -0.15) is 15.2 Å². The average molecular weight is 316 g/mol. The Bertz CT molecular complexity index is 789. The second-order valence-corrected chi connectivity index (χ2v) is 5.81. The quantitative estimate of drug-likeness (QED) is 0.503. The smallest absolute Gasteiger partial charge is 0.260 e. The molecule has 9 heteroatoms. The molecular weight excluding hydrogens is 300 g/mol. The number of nitro groups is 1. The molecule has 2 N–H and O–H groups in total. The Labute approximate surface area is 131 Å². The van der Waals surface area contributed by atoms with Crippen molar-refractivity contribution in [1.82, 2.24) is 15.2 Å². The Morgan fingerprint density at radius 2 is 1.96 bits per heavy atom. The molecule has 0 atom stereocenters. The first-order valence-electron chi connectivity index (χ1n) is 6.78. The zero-order valence-corrected chi connectivity index (χ0v) is 12.9. The van der Waals surface area contributed by atoms with Crippen LogP contribution in [-0.2, 0) is 5.41 Å². The lowest BCUT2D eigenvalue weighted by Gasteiger charge is -2.18. The number of benzene rings is 1. The van der Waals surface area contributed by atoms with Crippen LogP contribution >= 0.6 is 0 Å². The highest BCUT2D eigenvalue weighted by Crippen LogP contribution is 2.24. The van der Waals surface area contributed by atoms with E-state index in [-0.39, 0.29) is 16.9 Å². The van der Waals surface area contributed by atoms with Crippen LogP contribution < -0.4 is 11.1 Å². The van der Waals surface area contributed by atoms with Crippen LogP contribution in [0.15, 0.2) is 34.2 Å². The van der Waals surface area contributed by atoms with Crippen LogP contribution in [0.4, 0.5) is 11.5 Å². The molecule has 0 aliphatic carbocycles. The van der Waals surface area contributed by atoms with E-state index < -0.39 is 10.6 Å². The van der Waals surface area contributed by atoms with Gasteiger partial charge in [0.15, 0.2) is 5.82 Å². The normalized spacial score (nSPS) is 11.6. The van der Waals surface area contributed by atoms with Gasteiger partial charge in [0.2, 0.25) is 0 Å². The third-order valence-electron chi connectivity index (χ3n) is 2.90. The van der Waals surface area contributed by atoms with E-state index in [0.717, 1.165) is 0 Å². The largest absolute Gasteiger partial charge is 0.363 e. The standard InChI is InChI=1S/C14H16N6O3/c1-14(2,3)11-12(16-13(21)19-17-11)18-15-8-9-4-6-10(7-5-9)20(22)23/h4-8H,1-3H3,(H2,16,18,19,21)/b15-8+. The van der Waals surface area contributed by atoms with Gasteiger partial charge in [-0.05, 0) is 17.7 Å². The SMILES string of the molecule is CC(C)(C)c1n[nH]c(=O)nc1N/N=C/c1ccc([N+](=O)[O-])cc1. The number of anilines is 1. The number of nitrogens with one attached hydrogen (secondary N) is 2. The van der Waals surface area contributed by atoms with Gasteiger partial charge in [0, 0.05) is 17.5 Å². The minimum absolute atomic E-state index is 0.00517. The number of nitro benzene ring substituents is 1. The van der Waals surface area contributed by atoms with Crippen LogP contribution in [0.3, 0.4) is 0 Å². The first kappa shape index (κ1) is 16.3. The lowest BCUT2D eigenvalue weighted by atomic mass is 9.92. The second kappa shape index (κ2) is 6.34. The second-order valence-electron chi connectivity index (χ2n) is 5.81. The lowest BCUT2D eigenvalue weighted by Crippen LogP contribution is -2.24. The summed E-state index contributed by atoms with van der Waals surface area (Å²) in [7, 11) is 0. The van der Waals surface area contributed by atoms with Crippen molar-refractivity contribution in [2.45, 2.75) is 26.2 Å². The van der Waals surface area contributed by atoms with Crippen molar-refractivity contribution in [2.24, 2.45) is 5.10 Å². The molecule has 120 valence electrons. The summed E-state index contributed by atoms with van der Waals surface area (Å²) in [4.78, 5) is 25.3. The number of non-ortho nitro benzene ring substituents is 1. The predicted octanol–water partition coefficient (Wildman–Crippen LogP) is 1.82. The number of hydrogen-bond donors (Lipinski definition) is 2. The van der Waals surface area contributed by atoms with Gasteiger partial charge in [0.1, 0.15) is 5.69 Å². The summed E-state index contributed by atoms with van der Waals surface area (Å²) in [6, 6.07) is 5.90. The Kier molecular flexibility index (Phi) is 4.49. The van der Waals surface area contributed by atoms with E-state index in [9.17, 15) is 14.9 Å². The van der Waals surface area contributed by atoms with Crippen molar-refractivity contribution < 1.29 is 4.92 Å². The molecule has 0 fully saturated rings. The zero-order valence-electron chi connectivity index (χ0n) is 12.9. The number of aromatic nitrogens is 3.